The van der Waals surface area contributed by atoms with Gasteiger partial charge in [0.1, 0.15) is 13.2 Å². The number of rotatable bonds is 4. The molecule has 0 unspecified atom stereocenters. The predicted octanol–water partition coefficient (Wildman–Crippen LogP) is 2.09. The number of anilines is 2. The Morgan fingerprint density at radius 2 is 1.89 bits per heavy atom. The van der Waals surface area contributed by atoms with E-state index in [2.05, 4.69) is 17.1 Å². The Balaban J connectivity index is 1.55. The van der Waals surface area contributed by atoms with Crippen molar-refractivity contribution < 1.29 is 19.2 Å². The lowest BCUT2D eigenvalue weighted by Gasteiger charge is -2.34. The molecule has 0 atom stereocenters. The number of fused-ring (bicyclic) bond motifs is 1. The van der Waals surface area contributed by atoms with Crippen molar-refractivity contribution in [1.82, 2.24) is 0 Å². The highest BCUT2D eigenvalue weighted by atomic mass is 35.5. The van der Waals surface area contributed by atoms with E-state index in [9.17, 15) is 4.79 Å². The number of para-hydroxylation sites is 1. The highest BCUT2D eigenvalue weighted by Crippen LogP contribution is 2.35. The molecule has 148 valence electrons. The first-order valence-corrected chi connectivity index (χ1v) is 10.1. The van der Waals surface area contributed by atoms with Gasteiger partial charge in [0, 0.05) is 5.56 Å². The number of hydrogen-bond acceptors (Lipinski definition) is 4. The summed E-state index contributed by atoms with van der Waals surface area (Å²) in [5.41, 5.74) is 2.15. The third-order valence-corrected chi connectivity index (χ3v) is 5.63. The molecule has 0 radical (unpaired) electrons. The molecule has 2 N–H and O–H groups in total. The molecule has 0 saturated carbocycles. The lowest BCUT2D eigenvalue weighted by atomic mass is 10.1. The Hall–Kier alpha value is -2.44. The van der Waals surface area contributed by atoms with Crippen LogP contribution >= 0.6 is 11.6 Å². The summed E-state index contributed by atoms with van der Waals surface area (Å²) in [6.07, 6.45) is 0. The minimum Gasteiger partial charge on any atom is -0.486 e. The molecule has 0 spiro atoms. The topological polar surface area (TPSA) is 55.2 Å². The molecule has 1 amide bonds. The normalized spacial score (nSPS) is 16.7. The van der Waals surface area contributed by atoms with Crippen molar-refractivity contribution >= 4 is 28.9 Å². The molecule has 2 heterocycles. The van der Waals surface area contributed by atoms with Crippen LogP contribution in [0.15, 0.2) is 36.4 Å². The number of quaternary nitrogens is 1. The molecule has 1 fully saturated rings. The van der Waals surface area contributed by atoms with E-state index in [0.29, 0.717) is 35.3 Å². The zero-order chi connectivity index (χ0) is 19.5. The maximum atomic E-state index is 12.9. The van der Waals surface area contributed by atoms with Crippen molar-refractivity contribution in [3.63, 3.8) is 0 Å². The molecule has 0 aromatic heterocycles. The molecule has 2 aliphatic rings. The molecule has 28 heavy (non-hydrogen) atoms. The second kappa shape index (κ2) is 8.29. The Labute approximate surface area is 170 Å². The van der Waals surface area contributed by atoms with E-state index in [-0.39, 0.29) is 5.91 Å². The fraction of sp³-hybridized carbons (Fsp3) is 0.381. The number of carbonyl (C=O) groups is 1. The summed E-state index contributed by atoms with van der Waals surface area (Å²) in [6.45, 7) is 8.32. The lowest BCUT2D eigenvalue weighted by Crippen LogP contribution is -3.14. The fourth-order valence-electron chi connectivity index (χ4n) is 3.72. The summed E-state index contributed by atoms with van der Waals surface area (Å²) in [7, 11) is 0. The molecule has 0 aliphatic carbocycles. The van der Waals surface area contributed by atoms with Gasteiger partial charge in [-0.05, 0) is 37.3 Å². The predicted molar refractivity (Wildman–Crippen MR) is 110 cm³/mol. The van der Waals surface area contributed by atoms with E-state index < -0.39 is 0 Å². The number of benzene rings is 2. The van der Waals surface area contributed by atoms with E-state index in [4.69, 9.17) is 21.1 Å². The first kappa shape index (κ1) is 18.9. The van der Waals surface area contributed by atoms with Gasteiger partial charge in [0.25, 0.3) is 5.91 Å². The van der Waals surface area contributed by atoms with Crippen LogP contribution in [0.1, 0.15) is 17.3 Å². The number of likely N-dealkylation sites (N-methyl/N-ethyl adjacent to an activating group) is 1. The maximum Gasteiger partial charge on any atom is 0.255 e. The first-order chi connectivity index (χ1) is 13.7. The molecule has 6 nitrogen and oxygen atoms in total. The highest BCUT2D eigenvalue weighted by Gasteiger charge is 2.24. The largest absolute Gasteiger partial charge is 0.486 e. The van der Waals surface area contributed by atoms with E-state index >= 15 is 0 Å². The van der Waals surface area contributed by atoms with Gasteiger partial charge in [-0.25, -0.2) is 0 Å². The number of ether oxygens (including phenoxy) is 2. The van der Waals surface area contributed by atoms with E-state index in [0.717, 1.165) is 44.1 Å². The van der Waals surface area contributed by atoms with Crippen molar-refractivity contribution in [2.24, 2.45) is 0 Å². The van der Waals surface area contributed by atoms with Crippen LogP contribution in [-0.2, 0) is 0 Å². The molecular weight excluding hydrogens is 378 g/mol. The molecule has 7 heteroatoms. The third kappa shape index (κ3) is 3.88. The van der Waals surface area contributed by atoms with Crippen molar-refractivity contribution in [2.75, 3.05) is 56.2 Å². The summed E-state index contributed by atoms with van der Waals surface area (Å²) in [5, 5.41) is 3.68. The van der Waals surface area contributed by atoms with Crippen LogP contribution in [0.3, 0.4) is 0 Å². The fourth-order valence-corrected chi connectivity index (χ4v) is 4.01. The summed E-state index contributed by atoms with van der Waals surface area (Å²) in [6, 6.07) is 10.9. The van der Waals surface area contributed by atoms with Gasteiger partial charge in [-0.15, -0.1) is 0 Å². The van der Waals surface area contributed by atoms with Crippen molar-refractivity contribution in [3.8, 4) is 11.5 Å². The summed E-state index contributed by atoms with van der Waals surface area (Å²) in [4.78, 5) is 16.7. The van der Waals surface area contributed by atoms with Gasteiger partial charge in [0.05, 0.1) is 49.1 Å². The van der Waals surface area contributed by atoms with Crippen LogP contribution in [0, 0.1) is 0 Å². The van der Waals surface area contributed by atoms with Crippen molar-refractivity contribution in [1.29, 1.82) is 0 Å². The average molecular weight is 403 g/mol. The second-order valence-electron chi connectivity index (χ2n) is 7.04. The van der Waals surface area contributed by atoms with Crippen molar-refractivity contribution in [3.05, 3.63) is 47.0 Å². The number of amides is 1. The van der Waals surface area contributed by atoms with Crippen LogP contribution in [0.5, 0.6) is 11.5 Å². The molecule has 4 rings (SSSR count). The van der Waals surface area contributed by atoms with E-state index in [1.807, 2.05) is 18.2 Å². The van der Waals surface area contributed by atoms with E-state index in [1.165, 1.54) is 0 Å². The number of nitrogens with zero attached hydrogens (tertiary/aromatic N) is 1. The number of halogens is 1. The van der Waals surface area contributed by atoms with Crippen LogP contribution in [0.4, 0.5) is 11.4 Å². The Bertz CT molecular complexity index is 866. The first-order valence-electron chi connectivity index (χ1n) is 9.73. The molecule has 1 saturated heterocycles. The number of nitrogens with one attached hydrogen (secondary N) is 2. The highest BCUT2D eigenvalue weighted by molar-refractivity contribution is 6.34. The van der Waals surface area contributed by atoms with Gasteiger partial charge in [0.15, 0.2) is 11.5 Å². The van der Waals surface area contributed by atoms with Gasteiger partial charge in [-0.2, -0.15) is 0 Å². The standard InChI is InChI=1S/C21H24ClN3O3/c1-2-24-8-10-25(11-9-24)20-16(22)4-3-5-17(20)23-21(26)15-6-7-18-19(14-15)28-13-12-27-18/h3-7,14H,2,8-13H2,1H3,(H,23,26)/p+1. The molecule has 2 aromatic rings. The van der Waals surface area contributed by atoms with Gasteiger partial charge in [-0.1, -0.05) is 17.7 Å². The van der Waals surface area contributed by atoms with Crippen LogP contribution < -0.4 is 24.6 Å². The molecule has 2 aromatic carbocycles. The van der Waals surface area contributed by atoms with Crippen LogP contribution in [0.2, 0.25) is 5.02 Å². The second-order valence-corrected chi connectivity index (χ2v) is 7.45. The Kier molecular flexibility index (Phi) is 5.59. The van der Waals surface area contributed by atoms with Gasteiger partial charge >= 0.3 is 0 Å². The quantitative estimate of drug-likeness (QED) is 0.822. The van der Waals surface area contributed by atoms with E-state index in [1.54, 1.807) is 23.1 Å². The zero-order valence-electron chi connectivity index (χ0n) is 16.0. The summed E-state index contributed by atoms with van der Waals surface area (Å²) < 4.78 is 11.1. The summed E-state index contributed by atoms with van der Waals surface area (Å²) >= 11 is 6.52. The molecule has 2 aliphatic heterocycles. The maximum absolute atomic E-state index is 12.9. The zero-order valence-corrected chi connectivity index (χ0v) is 16.7. The molecular formula is C21H25ClN3O3+. The van der Waals surface area contributed by atoms with Crippen LogP contribution in [0.25, 0.3) is 0 Å². The molecule has 0 bridgehead atoms. The average Bonchev–Trinajstić information content (AvgIpc) is 2.73. The number of piperazine rings is 1. The van der Waals surface area contributed by atoms with Gasteiger partial charge in [-0.3, -0.25) is 4.79 Å². The summed E-state index contributed by atoms with van der Waals surface area (Å²) in [5.74, 6) is 1.07. The minimum atomic E-state index is -0.196. The lowest BCUT2D eigenvalue weighted by molar-refractivity contribution is -0.898. The smallest absolute Gasteiger partial charge is 0.255 e. The SMILES string of the molecule is CC[NH+]1CCN(c2c(Cl)cccc2NC(=O)c2ccc3c(c2)OCCO3)CC1. The Morgan fingerprint density at radius 1 is 1.14 bits per heavy atom. The minimum absolute atomic E-state index is 0.196. The van der Waals surface area contributed by atoms with Crippen molar-refractivity contribution in [2.45, 2.75) is 6.92 Å². The van der Waals surface area contributed by atoms with Gasteiger partial charge in [0.2, 0.25) is 0 Å². The van der Waals surface area contributed by atoms with Gasteiger partial charge < -0.3 is 24.6 Å². The third-order valence-electron chi connectivity index (χ3n) is 5.33. The monoisotopic (exact) mass is 402 g/mol. The Morgan fingerprint density at radius 3 is 2.64 bits per heavy atom. The van der Waals surface area contributed by atoms with Crippen LogP contribution in [-0.4, -0.2) is 51.8 Å². The number of carbonyl (C=O) groups excluding carboxylic acids is 1. The number of hydrogen-bond donors (Lipinski definition) is 2.